The Labute approximate surface area is 124 Å². The second kappa shape index (κ2) is 4.86. The molecule has 0 fully saturated rings. The van der Waals surface area contributed by atoms with Crippen LogP contribution in [0.2, 0.25) is 0 Å². The number of carboxylic acids is 1. The van der Waals surface area contributed by atoms with E-state index in [9.17, 15) is 14.3 Å². The van der Waals surface area contributed by atoms with E-state index in [1.165, 1.54) is 23.5 Å². The van der Waals surface area contributed by atoms with Gasteiger partial charge in [-0.3, -0.25) is 0 Å². The fourth-order valence-electron chi connectivity index (χ4n) is 2.33. The number of halogens is 1. The van der Waals surface area contributed by atoms with Gasteiger partial charge >= 0.3 is 5.97 Å². The van der Waals surface area contributed by atoms with Gasteiger partial charge < -0.3 is 10.1 Å². The standard InChI is InChI=1S/C16H12FNO2S/c1-8(2)11-7-21-15-12(9-3-5-10(17)6-4-9)14(16(19)20)18-13(11)15/h3-7,18H,1H2,2H3,(H,19,20). The highest BCUT2D eigenvalue weighted by molar-refractivity contribution is 7.18. The molecule has 5 heteroatoms. The number of aromatic amines is 1. The van der Waals surface area contributed by atoms with Crippen LogP contribution in [-0.2, 0) is 0 Å². The molecule has 0 aliphatic rings. The first-order chi connectivity index (χ1) is 9.99. The SMILES string of the molecule is C=C(C)c1csc2c(-c3ccc(F)cc3)c(C(=O)O)[nH]c12. The second-order valence-corrected chi connectivity index (χ2v) is 5.70. The molecule has 0 aliphatic carbocycles. The van der Waals surface area contributed by atoms with Gasteiger partial charge in [-0.05, 0) is 30.2 Å². The summed E-state index contributed by atoms with van der Waals surface area (Å²) in [5, 5.41) is 11.4. The third-order valence-corrected chi connectivity index (χ3v) is 4.32. The molecule has 21 heavy (non-hydrogen) atoms. The molecule has 0 saturated carbocycles. The zero-order valence-corrected chi connectivity index (χ0v) is 12.1. The van der Waals surface area contributed by atoms with Crippen LogP contribution < -0.4 is 0 Å². The first kappa shape index (κ1) is 13.6. The highest BCUT2D eigenvalue weighted by Crippen LogP contribution is 2.39. The van der Waals surface area contributed by atoms with Crippen molar-refractivity contribution in [1.29, 1.82) is 0 Å². The molecule has 0 amide bonds. The van der Waals surface area contributed by atoms with Gasteiger partial charge in [-0.2, -0.15) is 0 Å². The molecule has 2 N–H and O–H groups in total. The van der Waals surface area contributed by atoms with Crippen molar-refractivity contribution in [2.45, 2.75) is 6.92 Å². The number of nitrogens with one attached hydrogen (secondary N) is 1. The maximum Gasteiger partial charge on any atom is 0.353 e. The van der Waals surface area contributed by atoms with E-state index in [1.54, 1.807) is 12.1 Å². The van der Waals surface area contributed by atoms with Crippen LogP contribution >= 0.6 is 11.3 Å². The first-order valence-corrected chi connectivity index (χ1v) is 7.15. The fraction of sp³-hybridized carbons (Fsp3) is 0.0625. The first-order valence-electron chi connectivity index (χ1n) is 6.27. The van der Waals surface area contributed by atoms with Crippen molar-refractivity contribution in [3.63, 3.8) is 0 Å². The fourth-order valence-corrected chi connectivity index (χ4v) is 3.50. The zero-order valence-electron chi connectivity index (χ0n) is 11.2. The summed E-state index contributed by atoms with van der Waals surface area (Å²) in [4.78, 5) is 14.5. The molecule has 2 aromatic heterocycles. The van der Waals surface area contributed by atoms with Gasteiger partial charge in [-0.1, -0.05) is 18.7 Å². The number of thiophene rings is 1. The number of aromatic nitrogens is 1. The van der Waals surface area contributed by atoms with E-state index in [4.69, 9.17) is 0 Å². The Bertz CT molecular complexity index is 858. The number of H-pyrrole nitrogens is 1. The lowest BCUT2D eigenvalue weighted by atomic mass is 10.1. The largest absolute Gasteiger partial charge is 0.477 e. The summed E-state index contributed by atoms with van der Waals surface area (Å²) < 4.78 is 13.9. The molecule has 0 saturated heterocycles. The summed E-state index contributed by atoms with van der Waals surface area (Å²) in [7, 11) is 0. The van der Waals surface area contributed by atoms with Crippen molar-refractivity contribution >= 4 is 33.1 Å². The van der Waals surface area contributed by atoms with Crippen LogP contribution in [0, 0.1) is 5.82 Å². The number of allylic oxidation sites excluding steroid dienone is 1. The van der Waals surface area contributed by atoms with E-state index in [2.05, 4.69) is 11.6 Å². The third-order valence-electron chi connectivity index (χ3n) is 3.32. The monoisotopic (exact) mass is 301 g/mol. The average molecular weight is 301 g/mol. The number of fused-ring (bicyclic) bond motifs is 1. The number of rotatable bonds is 3. The summed E-state index contributed by atoms with van der Waals surface area (Å²) in [6.45, 7) is 5.78. The van der Waals surface area contributed by atoms with Crippen molar-refractivity contribution in [2.75, 3.05) is 0 Å². The quantitative estimate of drug-likeness (QED) is 0.732. The van der Waals surface area contributed by atoms with Crippen LogP contribution in [0.5, 0.6) is 0 Å². The van der Waals surface area contributed by atoms with Gasteiger partial charge in [0.15, 0.2) is 0 Å². The third kappa shape index (κ3) is 2.15. The summed E-state index contributed by atoms with van der Waals surface area (Å²) in [6, 6.07) is 5.83. The van der Waals surface area contributed by atoms with Crippen molar-refractivity contribution in [3.05, 3.63) is 53.3 Å². The van der Waals surface area contributed by atoms with Gasteiger partial charge in [0.1, 0.15) is 11.5 Å². The van der Waals surface area contributed by atoms with E-state index in [1.807, 2.05) is 12.3 Å². The van der Waals surface area contributed by atoms with E-state index in [0.29, 0.717) is 11.1 Å². The molecule has 0 spiro atoms. The highest BCUT2D eigenvalue weighted by Gasteiger charge is 2.21. The van der Waals surface area contributed by atoms with E-state index in [-0.39, 0.29) is 11.5 Å². The van der Waals surface area contributed by atoms with Crippen molar-refractivity contribution in [1.82, 2.24) is 4.98 Å². The molecule has 3 rings (SSSR count). The molecular formula is C16H12FNO2S. The van der Waals surface area contributed by atoms with Crippen LogP contribution in [0.1, 0.15) is 23.0 Å². The lowest BCUT2D eigenvalue weighted by molar-refractivity contribution is 0.0692. The topological polar surface area (TPSA) is 53.1 Å². The van der Waals surface area contributed by atoms with Crippen molar-refractivity contribution in [3.8, 4) is 11.1 Å². The molecule has 2 heterocycles. The minimum absolute atomic E-state index is 0.117. The molecule has 0 unspecified atom stereocenters. The minimum atomic E-state index is -1.04. The van der Waals surface area contributed by atoms with Gasteiger partial charge in [0, 0.05) is 16.5 Å². The van der Waals surface area contributed by atoms with E-state index < -0.39 is 5.97 Å². The number of benzene rings is 1. The Balaban J connectivity index is 2.33. The normalized spacial score (nSPS) is 11.0. The van der Waals surface area contributed by atoms with Gasteiger partial charge in [0.05, 0.1) is 10.2 Å². The predicted molar refractivity (Wildman–Crippen MR) is 83.2 cm³/mol. The van der Waals surface area contributed by atoms with Gasteiger partial charge in [-0.25, -0.2) is 9.18 Å². The summed E-state index contributed by atoms with van der Waals surface area (Å²) >= 11 is 1.46. The Hall–Kier alpha value is -2.40. The van der Waals surface area contributed by atoms with Gasteiger partial charge in [0.25, 0.3) is 0 Å². The summed E-state index contributed by atoms with van der Waals surface area (Å²) in [5.41, 5.74) is 3.93. The van der Waals surface area contributed by atoms with Crippen LogP contribution in [0.15, 0.2) is 36.2 Å². The smallest absolute Gasteiger partial charge is 0.353 e. The van der Waals surface area contributed by atoms with Gasteiger partial charge in [-0.15, -0.1) is 11.3 Å². The van der Waals surface area contributed by atoms with E-state index in [0.717, 1.165) is 21.4 Å². The Kier molecular flexibility index (Phi) is 3.14. The minimum Gasteiger partial charge on any atom is -0.477 e. The Morgan fingerprint density at radius 1 is 1.33 bits per heavy atom. The number of aromatic carboxylic acids is 1. The second-order valence-electron chi connectivity index (χ2n) is 4.82. The number of hydrogen-bond acceptors (Lipinski definition) is 2. The molecule has 3 aromatic rings. The average Bonchev–Trinajstić information content (AvgIpc) is 2.97. The molecule has 0 bridgehead atoms. The Morgan fingerprint density at radius 3 is 2.57 bits per heavy atom. The zero-order chi connectivity index (χ0) is 15.1. The lowest BCUT2D eigenvalue weighted by Crippen LogP contribution is -1.99. The lowest BCUT2D eigenvalue weighted by Gasteiger charge is -2.01. The number of carbonyl (C=O) groups is 1. The van der Waals surface area contributed by atoms with Crippen LogP contribution in [0.3, 0.4) is 0 Å². The highest BCUT2D eigenvalue weighted by atomic mass is 32.1. The van der Waals surface area contributed by atoms with Gasteiger partial charge in [0.2, 0.25) is 0 Å². The van der Waals surface area contributed by atoms with Crippen molar-refractivity contribution < 1.29 is 14.3 Å². The summed E-state index contributed by atoms with van der Waals surface area (Å²) in [5.74, 6) is -1.39. The molecular weight excluding hydrogens is 289 g/mol. The van der Waals surface area contributed by atoms with Crippen LogP contribution in [-0.4, -0.2) is 16.1 Å². The molecule has 106 valence electrons. The molecule has 0 aliphatic heterocycles. The summed E-state index contributed by atoms with van der Waals surface area (Å²) in [6.07, 6.45) is 0. The van der Waals surface area contributed by atoms with Crippen LogP contribution in [0.25, 0.3) is 26.9 Å². The predicted octanol–water partition coefficient (Wildman–Crippen LogP) is 4.77. The van der Waals surface area contributed by atoms with E-state index >= 15 is 0 Å². The molecule has 0 radical (unpaired) electrons. The maximum atomic E-state index is 13.1. The maximum absolute atomic E-state index is 13.1. The van der Waals surface area contributed by atoms with Crippen molar-refractivity contribution in [2.24, 2.45) is 0 Å². The molecule has 3 nitrogen and oxygen atoms in total. The molecule has 0 atom stereocenters. The Morgan fingerprint density at radius 2 is 2.00 bits per heavy atom. The molecule has 1 aromatic carbocycles. The van der Waals surface area contributed by atoms with Crippen LogP contribution in [0.4, 0.5) is 4.39 Å². The number of hydrogen-bond donors (Lipinski definition) is 2. The number of carboxylic acid groups (broad SMARTS) is 1.